The third-order valence-corrected chi connectivity index (χ3v) is 46.7. The Morgan fingerprint density at radius 1 is 0.431 bits per heavy atom. The summed E-state index contributed by atoms with van der Waals surface area (Å²) in [7, 11) is -7.28. The van der Waals surface area contributed by atoms with Gasteiger partial charge in [0.1, 0.15) is 45.2 Å². The van der Waals surface area contributed by atoms with Crippen molar-refractivity contribution in [1.82, 2.24) is 0 Å². The normalized spacial score (nSPS) is 12.4. The van der Waals surface area contributed by atoms with Gasteiger partial charge < -0.3 is 63.5 Å². The van der Waals surface area contributed by atoms with Gasteiger partial charge in [0.15, 0.2) is 16.6 Å². The Hall–Kier alpha value is -3.96. The standard InChI is InChI=1S/C16H30O2Si.C14H27NO3Si.C14H28O2Si.C12H26O4Si.C12H24O3Si.C9H20O3Si2.C8H18O3Si2.CH4/c1-7-16(17)18-12-9-13-19(5,6)15(4)11-8-10-14(2)3;1-6-13(3)15-9-8-12-19(4,5)18-11-10-17-14(16)7-2;1-6-8-10-13(3)17(4,5)12-9-11-16-14(15)7-2;1-6-9-16-10-7-12(2)8-11-17(13-3,14-4)15-5;1-6-12(13)14-8-9-15-16(4,5)10-7-11(2)3;1-5-7-13-12-14(3,4)8-11-9(10)6-2;1-5-8(9)10-7-13(3,4)11-12-6-2;/h7,15H,1-2,8-13H2,3-6H3;7H,2,6,8-12H2,1,3-5H3;7,13H,2,6,8-12H2,1,3-5H3;6,12H,1,7-11H2,2-5H3;6,11H,1,7-10H2,2-5H3;6H,2,5,7-8,13H2,1,3-4H3;5H,1,6-7,12H2,2-4H3;1H4. The minimum absolute atomic E-state index is 0. The molecule has 0 spiro atoms. The molecule has 0 radical (unpaired) electrons. The highest BCUT2D eigenvalue weighted by Crippen LogP contribution is 2.33. The van der Waals surface area contributed by atoms with Crippen molar-refractivity contribution in [2.24, 2.45) is 16.8 Å². The van der Waals surface area contributed by atoms with E-state index in [-0.39, 0.29) is 47.0 Å². The molecule has 0 aromatic rings. The molecule has 0 heterocycles. The fourth-order valence-electron chi connectivity index (χ4n) is 9.86. The second kappa shape index (κ2) is 79.5. The maximum Gasteiger partial charge on any atom is 0.500 e. The summed E-state index contributed by atoms with van der Waals surface area (Å²) in [5, 5.41) is 0. The minimum atomic E-state index is -2.39. The number of esters is 6. The number of ether oxygens (including phenoxy) is 7. The number of allylic oxidation sites excluding steroid dienone is 1. The van der Waals surface area contributed by atoms with Gasteiger partial charge >= 0.3 is 44.6 Å². The Kier molecular flexibility index (Phi) is 87.5. The first-order chi connectivity index (χ1) is 53.7. The molecule has 0 N–H and O–H groups in total. The van der Waals surface area contributed by atoms with Crippen molar-refractivity contribution in [3.8, 4) is 0 Å². The van der Waals surface area contributed by atoms with Crippen molar-refractivity contribution in [3.63, 3.8) is 0 Å². The third kappa shape index (κ3) is 87.8. The Bertz CT molecular complexity index is 2610. The van der Waals surface area contributed by atoms with Crippen molar-refractivity contribution in [3.05, 3.63) is 101 Å². The van der Waals surface area contributed by atoms with E-state index in [0.29, 0.717) is 70.5 Å². The van der Waals surface area contributed by atoms with Crippen LogP contribution in [-0.4, -0.2) is 212 Å². The molecule has 0 aromatic heterocycles. The first kappa shape index (κ1) is 128. The van der Waals surface area contributed by atoms with E-state index >= 15 is 0 Å². The van der Waals surface area contributed by atoms with Crippen LogP contribution in [0.1, 0.15) is 173 Å². The summed E-state index contributed by atoms with van der Waals surface area (Å²) in [6.07, 6.45) is 25.9. The molecule has 116 heavy (non-hydrogen) atoms. The third-order valence-electron chi connectivity index (χ3n) is 18.8. The number of hydrogen-bond acceptors (Lipinski definition) is 21. The van der Waals surface area contributed by atoms with Gasteiger partial charge in [-0.1, -0.05) is 198 Å². The van der Waals surface area contributed by atoms with E-state index in [1.54, 1.807) is 27.4 Å². The molecule has 0 rings (SSSR count). The predicted molar refractivity (Wildman–Crippen MR) is 514 cm³/mol. The van der Waals surface area contributed by atoms with Crippen LogP contribution in [0.4, 0.5) is 0 Å². The number of hydrogen-bond donors (Lipinski definition) is 0. The predicted octanol–water partition coefficient (Wildman–Crippen LogP) is 21.0. The molecule has 0 amide bonds. The van der Waals surface area contributed by atoms with Crippen LogP contribution in [0.3, 0.4) is 0 Å². The molecule has 0 bridgehead atoms. The van der Waals surface area contributed by atoms with Crippen LogP contribution in [0, 0.1) is 11.8 Å². The largest absolute Gasteiger partial charge is 0.500 e. The van der Waals surface area contributed by atoms with Crippen molar-refractivity contribution in [1.29, 1.82) is 0 Å². The molecule has 0 fully saturated rings. The molecule has 0 aromatic carbocycles. The van der Waals surface area contributed by atoms with E-state index in [0.717, 1.165) is 99.4 Å². The maximum absolute atomic E-state index is 10.9. The van der Waals surface area contributed by atoms with Crippen molar-refractivity contribution < 1.29 is 92.3 Å². The van der Waals surface area contributed by atoms with Gasteiger partial charge in [-0.05, 0) is 165 Å². The highest BCUT2D eigenvalue weighted by Gasteiger charge is 2.38. The Balaban J connectivity index is -0.000000196. The molecule has 3 unspecified atom stereocenters. The quantitative estimate of drug-likeness (QED) is 0.0104. The van der Waals surface area contributed by atoms with Crippen LogP contribution in [-0.2, 0) is 92.3 Å². The first-order valence-electron chi connectivity index (χ1n) is 42.0. The molecule has 0 saturated heterocycles. The molecule has 30 heteroatoms. The lowest BCUT2D eigenvalue weighted by molar-refractivity contribution is -0.139. The van der Waals surface area contributed by atoms with E-state index in [2.05, 4.69) is 212 Å². The molecular weight excluding hydrogens is 1620 g/mol. The Labute approximate surface area is 723 Å². The highest BCUT2D eigenvalue weighted by molar-refractivity contribution is 6.79. The first-order valence-corrected chi connectivity index (χ1v) is 66.1. The summed E-state index contributed by atoms with van der Waals surface area (Å²) >= 11 is 0. The lowest BCUT2D eigenvalue weighted by Crippen LogP contribution is -2.42. The summed E-state index contributed by atoms with van der Waals surface area (Å²) in [5.74, 6) is -0.815. The van der Waals surface area contributed by atoms with Gasteiger partial charge in [-0.15, -0.1) is 13.2 Å². The Morgan fingerprint density at radius 2 is 0.828 bits per heavy atom. The van der Waals surface area contributed by atoms with Crippen LogP contribution in [0.2, 0.25) is 132 Å². The summed E-state index contributed by atoms with van der Waals surface area (Å²) in [6.45, 7) is 83.6. The molecule has 0 aliphatic carbocycles. The smallest absolute Gasteiger partial charge is 0.463 e. The van der Waals surface area contributed by atoms with E-state index in [4.69, 9.17) is 63.5 Å². The molecule has 0 aliphatic heterocycles. The van der Waals surface area contributed by atoms with Gasteiger partial charge in [-0.3, -0.25) is 4.99 Å². The fraction of sp³-hybridized carbons (Fsp3) is 0.733. The number of rotatable bonds is 61. The van der Waals surface area contributed by atoms with Gasteiger partial charge in [-0.25, -0.2) is 28.8 Å². The SMILES string of the molecule is C.C=CC(=O)OCCC[Si](C)(C)C(C)CCCC.C=CC(=O)OCCC[Si](C)(C)C(C)CCCC(=C)C.C=CC(=O)OCCO[Si](C)(C)CCC(C)C.C=CC(=O)OCCO[Si](C)(C)CCCN=C(C)CC.C=CC(=O)OC[Si](C)(C)O[SiH2]CC.C=CC(=O)OC[Si](C)(C)O[SiH2]CCC.C=CCOCCC(C)CC[Si](OC)(OC)OC. The zero-order chi connectivity index (χ0) is 90.0. The van der Waals surface area contributed by atoms with Crippen LogP contribution >= 0.6 is 0 Å². The number of unbranched alkanes of at least 4 members (excludes halogenated alkanes) is 1. The number of aliphatic imine (C=N–C) groups is 1. The topological polar surface area (TPSA) is 244 Å². The number of carbonyl (C=O) groups is 6. The second-order valence-corrected chi connectivity index (χ2v) is 68.1. The number of nitrogens with zero attached hydrogens (tertiary/aromatic N) is 1. The van der Waals surface area contributed by atoms with E-state index in [1.165, 1.54) is 105 Å². The van der Waals surface area contributed by atoms with E-state index < -0.39 is 74.0 Å². The molecule has 682 valence electrons. The highest BCUT2D eigenvalue weighted by atomic mass is 28.4. The average Bonchev–Trinajstić information content (AvgIpc) is 0.887. The Morgan fingerprint density at radius 3 is 1.19 bits per heavy atom. The van der Waals surface area contributed by atoms with Gasteiger partial charge in [0.05, 0.1) is 49.2 Å². The van der Waals surface area contributed by atoms with Crippen LogP contribution in [0.15, 0.2) is 106 Å². The molecule has 0 saturated carbocycles. The summed E-state index contributed by atoms with van der Waals surface area (Å²) in [6, 6.07) is 7.85. The zero-order valence-electron chi connectivity index (χ0n) is 78.2. The monoisotopic (exact) mass is 1800 g/mol. The fourth-order valence-corrected chi connectivity index (χ4v) is 28.5. The van der Waals surface area contributed by atoms with Crippen molar-refractivity contribution >= 4 is 119 Å². The molecule has 3 atom stereocenters. The van der Waals surface area contributed by atoms with Gasteiger partial charge in [0.2, 0.25) is 16.6 Å². The summed E-state index contributed by atoms with van der Waals surface area (Å²) in [5.41, 5.74) is 4.15. The minimum Gasteiger partial charge on any atom is -0.463 e. The summed E-state index contributed by atoms with van der Waals surface area (Å²) < 4.78 is 74.4. The van der Waals surface area contributed by atoms with E-state index in [9.17, 15) is 28.8 Å². The molecule has 0 aliphatic rings. The van der Waals surface area contributed by atoms with Crippen LogP contribution in [0.5, 0.6) is 0 Å². The lowest BCUT2D eigenvalue weighted by Gasteiger charge is -2.30. The van der Waals surface area contributed by atoms with Gasteiger partial charge in [-0.2, -0.15) is 0 Å². The summed E-state index contributed by atoms with van der Waals surface area (Å²) in [4.78, 5) is 69.5. The van der Waals surface area contributed by atoms with Crippen LogP contribution in [0.25, 0.3) is 0 Å². The van der Waals surface area contributed by atoms with Gasteiger partial charge in [0, 0.05) is 82.7 Å². The maximum atomic E-state index is 10.9. The molecular formula is C86H177NO20Si9. The zero-order valence-corrected chi connectivity index (χ0v) is 88.0. The van der Waals surface area contributed by atoms with Crippen molar-refractivity contribution in [2.45, 2.75) is 305 Å². The van der Waals surface area contributed by atoms with Crippen molar-refractivity contribution in [2.75, 3.05) is 93.2 Å². The number of carbonyl (C=O) groups excluding carboxylic acids is 6. The average molecular weight is 1800 g/mol. The molecule has 21 nitrogen and oxygen atoms in total. The second-order valence-electron chi connectivity index (χ2n) is 33.0. The lowest BCUT2D eigenvalue weighted by atomic mass is 10.1. The van der Waals surface area contributed by atoms with E-state index in [1.807, 2.05) is 0 Å². The van der Waals surface area contributed by atoms with Gasteiger partial charge in [0.25, 0.3) is 0 Å². The van der Waals surface area contributed by atoms with Crippen LogP contribution < -0.4 is 0 Å².